The molecule has 24 nitrogen and oxygen atoms in total. The predicted molar refractivity (Wildman–Crippen MR) is 212 cm³/mol. The van der Waals surface area contributed by atoms with Gasteiger partial charge in [0.15, 0.2) is 23.3 Å². The van der Waals surface area contributed by atoms with E-state index in [2.05, 4.69) is 39.9 Å². The van der Waals surface area contributed by atoms with Crippen molar-refractivity contribution >= 4 is 91.9 Å². The molecule has 65 heavy (non-hydrogen) atoms. The maximum absolute atomic E-state index is 13.1. The molecule has 0 saturated heterocycles. The van der Waals surface area contributed by atoms with Crippen LogP contribution in [0.4, 0.5) is 0 Å². The van der Waals surface area contributed by atoms with Gasteiger partial charge in [0.1, 0.15) is 22.6 Å². The summed E-state index contributed by atoms with van der Waals surface area (Å²) >= 11 is 0. The number of carboxylic acid groups (broad SMARTS) is 8. The van der Waals surface area contributed by atoms with E-state index >= 15 is 0 Å². The number of hydrogen-bond acceptors (Lipinski definition) is 14. The maximum atomic E-state index is 13.1. The van der Waals surface area contributed by atoms with Crippen molar-refractivity contribution in [3.05, 3.63) is 93.0 Å². The number of benzene rings is 4. The van der Waals surface area contributed by atoms with Crippen LogP contribution in [-0.4, -0.2) is 128 Å². The Morgan fingerprint density at radius 3 is 0.985 bits per heavy atom. The van der Waals surface area contributed by atoms with Gasteiger partial charge in [-0.2, -0.15) is 0 Å². The fourth-order valence-corrected chi connectivity index (χ4v) is 7.92. The van der Waals surface area contributed by atoms with Gasteiger partial charge in [-0.1, -0.05) is 48.5 Å². The second-order valence-electron chi connectivity index (χ2n) is 13.6. The third kappa shape index (κ3) is 6.14. The van der Waals surface area contributed by atoms with E-state index in [0.29, 0.717) is 10.9 Å². The van der Waals surface area contributed by atoms with Crippen molar-refractivity contribution in [1.29, 1.82) is 0 Å². The summed E-state index contributed by atoms with van der Waals surface area (Å²) in [7, 11) is 0. The van der Waals surface area contributed by atoms with Crippen LogP contribution >= 0.6 is 0 Å². The van der Waals surface area contributed by atoms with Crippen LogP contribution in [0, 0.1) is 0 Å². The summed E-state index contributed by atoms with van der Waals surface area (Å²) in [6.45, 7) is 0. The molecular formula is C40H18FeN8O16. The van der Waals surface area contributed by atoms with E-state index in [9.17, 15) is 79.2 Å². The average molecular weight is 922 g/mol. The number of hydrogen-bond donors (Lipinski definition) is 10. The first kappa shape index (κ1) is 42.2. The SMILES string of the molecule is O=C(O)c1c(C(=O)O)c(C(=O)O)c2c(c1C(=O)O)-c1nc-2nc2[nH]c(nc3nc(nc4[nH]c(n1)c1ccccc41)-c1ccccc1-3)c1c(C(=O)O)c(C(=O)O)c(C(=O)O)c(C(=O)O)c21.[Fe]. The molecule has 2 aliphatic heterocycles. The van der Waals surface area contributed by atoms with E-state index in [0.717, 1.165) is 0 Å². The molecule has 9 rings (SSSR count). The zero-order chi connectivity index (χ0) is 45.8. The van der Waals surface area contributed by atoms with Crippen LogP contribution < -0.4 is 0 Å². The fourth-order valence-electron chi connectivity index (χ4n) is 7.92. The summed E-state index contributed by atoms with van der Waals surface area (Å²) in [6.07, 6.45) is 0. The summed E-state index contributed by atoms with van der Waals surface area (Å²) < 4.78 is 0. The van der Waals surface area contributed by atoms with E-state index in [1.165, 1.54) is 6.07 Å². The maximum Gasteiger partial charge on any atom is 0.337 e. The number of carboxylic acids is 8. The monoisotopic (exact) mass is 922 g/mol. The summed E-state index contributed by atoms with van der Waals surface area (Å²) in [5.74, 6) is -19.5. The minimum atomic E-state index is -2.24. The quantitative estimate of drug-likeness (QED) is 0.0941. The molecule has 0 saturated carbocycles. The fraction of sp³-hybridized carbons (Fsp3) is 0. The molecule has 0 aliphatic carbocycles. The normalized spacial score (nSPS) is 11.3. The Balaban J connectivity index is 0.00000576. The van der Waals surface area contributed by atoms with Gasteiger partial charge in [0, 0.05) is 60.9 Å². The largest absolute Gasteiger partial charge is 0.478 e. The number of fused-ring (bicyclic) bond motifs is 20. The van der Waals surface area contributed by atoms with Crippen LogP contribution in [0.2, 0.25) is 0 Å². The Morgan fingerprint density at radius 1 is 0.338 bits per heavy atom. The van der Waals surface area contributed by atoms with Crippen LogP contribution in [0.1, 0.15) is 82.9 Å². The number of carbonyl (C=O) groups is 8. The summed E-state index contributed by atoms with van der Waals surface area (Å²) in [4.78, 5) is 136. The smallest absolute Gasteiger partial charge is 0.337 e. The van der Waals surface area contributed by atoms with Gasteiger partial charge < -0.3 is 50.8 Å². The zero-order valence-corrected chi connectivity index (χ0v) is 32.6. The second-order valence-corrected chi connectivity index (χ2v) is 13.6. The van der Waals surface area contributed by atoms with E-state index in [1.54, 1.807) is 42.5 Å². The first-order valence-electron chi connectivity index (χ1n) is 17.8. The molecule has 2 aliphatic rings. The van der Waals surface area contributed by atoms with Crippen LogP contribution in [0.25, 0.3) is 89.7 Å². The van der Waals surface area contributed by atoms with Gasteiger partial charge >= 0.3 is 47.8 Å². The summed E-state index contributed by atoms with van der Waals surface area (Å²) in [6, 6.07) is 12.7. The van der Waals surface area contributed by atoms with Crippen molar-refractivity contribution in [1.82, 2.24) is 39.9 Å². The van der Waals surface area contributed by atoms with E-state index < -0.39 is 137 Å². The molecule has 5 heterocycles. The number of rotatable bonds is 8. The molecule has 3 aromatic heterocycles. The minimum Gasteiger partial charge on any atom is -0.478 e. The van der Waals surface area contributed by atoms with E-state index in [-0.39, 0.29) is 51.0 Å². The molecule has 0 fully saturated rings. The van der Waals surface area contributed by atoms with Crippen molar-refractivity contribution in [2.45, 2.75) is 0 Å². The molecule has 0 unspecified atom stereocenters. The standard InChI is InChI=1S/C40H18N8O16.Fe/c49-33(50)17-13-15(19(35(53)54)23(39(61)62)21(17)37(57)58)31-46-29(13)44-27-11-7-3-1-5-9(11)25(42-27)41-26-10-6-2-4-8-12(10)28(43-26)45-30-14-16(32(47-30)48-31)20(36(55)56)24(40(63)64)22(38(59)60)18(14)34(51)52;/h1-8H,(H,49,50)(H,51,52)(H,53,54)(H,55,56)(H,57,58)(H,59,60)(H,61,62)(H,63,64)(H2,41,42,43,44,45,46,47,48);. The molecule has 7 aromatic rings. The molecule has 8 bridgehead atoms. The Labute approximate surface area is 365 Å². The topological polar surface area (TPSA) is 407 Å². The van der Waals surface area contributed by atoms with Gasteiger partial charge in [0.05, 0.1) is 44.5 Å². The Bertz CT molecular complexity index is 3670. The van der Waals surface area contributed by atoms with E-state index in [1.807, 2.05) is 0 Å². The number of aromatic nitrogens is 8. The Kier molecular flexibility index (Phi) is 9.65. The van der Waals surface area contributed by atoms with Gasteiger partial charge in [0.2, 0.25) is 0 Å². The third-order valence-corrected chi connectivity index (χ3v) is 10.2. The Morgan fingerprint density at radius 2 is 0.615 bits per heavy atom. The van der Waals surface area contributed by atoms with Gasteiger partial charge in [0.25, 0.3) is 0 Å². The molecule has 322 valence electrons. The third-order valence-electron chi connectivity index (χ3n) is 10.2. The molecule has 10 N–H and O–H groups in total. The van der Waals surface area contributed by atoms with Gasteiger partial charge in [-0.15, -0.1) is 0 Å². The second kappa shape index (κ2) is 14.9. The first-order valence-corrected chi connectivity index (χ1v) is 17.8. The first-order chi connectivity index (χ1) is 30.4. The number of nitrogens with one attached hydrogen (secondary N) is 2. The number of H-pyrrole nitrogens is 2. The Hall–Kier alpha value is -9.48. The molecular weight excluding hydrogens is 904 g/mol. The summed E-state index contributed by atoms with van der Waals surface area (Å²) in [5, 5.41) is 82.1. The van der Waals surface area contributed by atoms with Crippen molar-refractivity contribution in [2.75, 3.05) is 0 Å². The zero-order valence-electron chi connectivity index (χ0n) is 31.5. The van der Waals surface area contributed by atoms with Crippen molar-refractivity contribution in [3.63, 3.8) is 0 Å². The van der Waals surface area contributed by atoms with Crippen molar-refractivity contribution in [3.8, 4) is 45.6 Å². The van der Waals surface area contributed by atoms with Crippen LogP contribution in [0.5, 0.6) is 0 Å². The van der Waals surface area contributed by atoms with Gasteiger partial charge in [-0.25, -0.2) is 68.3 Å². The molecule has 0 spiro atoms. The molecule has 0 amide bonds. The molecule has 0 radical (unpaired) electrons. The van der Waals surface area contributed by atoms with Crippen molar-refractivity contribution < 1.29 is 96.3 Å². The number of nitrogens with zero attached hydrogens (tertiary/aromatic N) is 6. The number of aromatic amines is 2. The summed E-state index contributed by atoms with van der Waals surface area (Å²) in [5.41, 5.74) is -14.6. The predicted octanol–water partition coefficient (Wildman–Crippen LogP) is 4.45. The van der Waals surface area contributed by atoms with Gasteiger partial charge in [-0.3, -0.25) is 0 Å². The van der Waals surface area contributed by atoms with Crippen LogP contribution in [0.15, 0.2) is 48.5 Å². The molecule has 25 heteroatoms. The van der Waals surface area contributed by atoms with Crippen LogP contribution in [0.3, 0.4) is 0 Å². The van der Waals surface area contributed by atoms with Crippen molar-refractivity contribution in [2.24, 2.45) is 0 Å². The average Bonchev–Trinajstić information content (AvgIpc) is 3.97. The molecule has 0 atom stereocenters. The van der Waals surface area contributed by atoms with Gasteiger partial charge in [-0.05, 0) is 0 Å². The van der Waals surface area contributed by atoms with Crippen LogP contribution in [-0.2, 0) is 17.1 Å². The number of aromatic carboxylic acids is 8. The molecule has 4 aromatic carbocycles. The minimum absolute atomic E-state index is 0. The van der Waals surface area contributed by atoms with E-state index in [4.69, 9.17) is 0 Å².